The maximum atomic E-state index is 10.4. The summed E-state index contributed by atoms with van der Waals surface area (Å²) in [5, 5.41) is 8.54. The fraction of sp³-hybridized carbons (Fsp3) is 0.500. The van der Waals surface area contributed by atoms with Crippen molar-refractivity contribution in [1.29, 1.82) is 0 Å². The Balaban J connectivity index is 2.00. The van der Waals surface area contributed by atoms with E-state index in [1.807, 2.05) is 18.2 Å². The highest BCUT2D eigenvalue weighted by Crippen LogP contribution is 2.08. The van der Waals surface area contributed by atoms with Gasteiger partial charge in [-0.3, -0.25) is 4.79 Å². The number of aliphatic carboxylic acids is 1. The van der Waals surface area contributed by atoms with Gasteiger partial charge < -0.3 is 10.0 Å². The van der Waals surface area contributed by atoms with Crippen molar-refractivity contribution < 1.29 is 9.90 Å². The summed E-state index contributed by atoms with van der Waals surface area (Å²) in [5.74, 6) is -0.679. The molecule has 0 spiro atoms. The van der Waals surface area contributed by atoms with Gasteiger partial charge >= 0.3 is 5.97 Å². The molecule has 0 fully saturated rings. The predicted octanol–water partition coefficient (Wildman–Crippen LogP) is 4.40. The minimum absolute atomic E-state index is 0.313. The minimum atomic E-state index is -0.679. The Labute approximate surface area is 128 Å². The Bertz CT molecular complexity index is 414. The maximum absolute atomic E-state index is 10.4. The number of nitrogens with zero attached hydrogens (tertiary/aromatic N) is 1. The van der Waals surface area contributed by atoms with Crippen molar-refractivity contribution in [3.8, 4) is 0 Å². The highest BCUT2D eigenvalue weighted by atomic mass is 16.4. The first kappa shape index (κ1) is 17.3. The number of hydrogen-bond acceptors (Lipinski definition) is 2. The van der Waals surface area contributed by atoms with Gasteiger partial charge in [-0.15, -0.1) is 0 Å². The molecule has 0 aromatic heterocycles. The molecule has 1 aromatic carbocycles. The van der Waals surface area contributed by atoms with Crippen LogP contribution in [0.5, 0.6) is 0 Å². The van der Waals surface area contributed by atoms with E-state index in [-0.39, 0.29) is 0 Å². The van der Waals surface area contributed by atoms with Gasteiger partial charge in [0.25, 0.3) is 0 Å². The quantitative estimate of drug-likeness (QED) is 0.614. The molecule has 0 saturated carbocycles. The third kappa shape index (κ3) is 9.72. The molecule has 0 bridgehead atoms. The standard InChI is InChI=1S/C18H27NO2/c1-19(16-14-17-11-7-6-8-12-17)15-10-5-3-2-4-9-13-18(20)21/h6-8,11-12,14,16H,2-5,9-10,13,15H2,1H3,(H,20,21). The summed E-state index contributed by atoms with van der Waals surface area (Å²) in [6, 6.07) is 10.3. The largest absolute Gasteiger partial charge is 0.481 e. The van der Waals surface area contributed by atoms with Gasteiger partial charge in [0.05, 0.1) is 0 Å². The molecule has 0 unspecified atom stereocenters. The zero-order valence-corrected chi connectivity index (χ0v) is 13.0. The lowest BCUT2D eigenvalue weighted by atomic mass is 10.1. The van der Waals surface area contributed by atoms with E-state index in [0.29, 0.717) is 6.42 Å². The van der Waals surface area contributed by atoms with Gasteiger partial charge in [-0.25, -0.2) is 0 Å². The number of unbranched alkanes of at least 4 members (excludes halogenated alkanes) is 5. The molecule has 21 heavy (non-hydrogen) atoms. The second kappa shape index (κ2) is 11.0. The number of rotatable bonds is 11. The molecule has 3 heteroatoms. The van der Waals surface area contributed by atoms with Gasteiger partial charge in [0.15, 0.2) is 0 Å². The number of carboxylic acid groups (broad SMARTS) is 1. The van der Waals surface area contributed by atoms with Crippen molar-refractivity contribution in [2.75, 3.05) is 13.6 Å². The Morgan fingerprint density at radius 3 is 2.33 bits per heavy atom. The molecule has 1 aromatic rings. The summed E-state index contributed by atoms with van der Waals surface area (Å²) in [6.45, 7) is 1.07. The van der Waals surface area contributed by atoms with Crippen LogP contribution in [-0.2, 0) is 4.79 Å². The van der Waals surface area contributed by atoms with E-state index in [2.05, 4.69) is 36.4 Å². The Kier molecular flexibility index (Phi) is 9.01. The lowest BCUT2D eigenvalue weighted by molar-refractivity contribution is -0.137. The molecule has 0 aliphatic heterocycles. The second-order valence-electron chi connectivity index (χ2n) is 5.47. The summed E-state index contributed by atoms with van der Waals surface area (Å²) in [4.78, 5) is 12.6. The van der Waals surface area contributed by atoms with E-state index in [1.54, 1.807) is 0 Å². The maximum Gasteiger partial charge on any atom is 0.303 e. The Morgan fingerprint density at radius 1 is 1.05 bits per heavy atom. The van der Waals surface area contributed by atoms with Crippen LogP contribution >= 0.6 is 0 Å². The average molecular weight is 289 g/mol. The fourth-order valence-electron chi connectivity index (χ4n) is 2.20. The Morgan fingerprint density at radius 2 is 1.67 bits per heavy atom. The van der Waals surface area contributed by atoms with Crippen molar-refractivity contribution in [2.45, 2.75) is 44.9 Å². The smallest absolute Gasteiger partial charge is 0.303 e. The van der Waals surface area contributed by atoms with Crippen molar-refractivity contribution in [3.63, 3.8) is 0 Å². The summed E-state index contributed by atoms with van der Waals surface area (Å²) in [5.41, 5.74) is 1.22. The molecule has 0 atom stereocenters. The van der Waals surface area contributed by atoms with E-state index in [0.717, 1.165) is 25.8 Å². The summed E-state index contributed by atoms with van der Waals surface area (Å²) >= 11 is 0. The van der Waals surface area contributed by atoms with Crippen LogP contribution in [0.25, 0.3) is 6.08 Å². The third-order valence-corrected chi connectivity index (χ3v) is 3.47. The number of carboxylic acids is 1. The predicted molar refractivity (Wildman–Crippen MR) is 88.1 cm³/mol. The SMILES string of the molecule is CN(C=Cc1ccccc1)CCCCCCCCC(=O)O. The van der Waals surface area contributed by atoms with Crippen LogP contribution < -0.4 is 0 Å². The van der Waals surface area contributed by atoms with E-state index in [4.69, 9.17) is 5.11 Å². The van der Waals surface area contributed by atoms with Gasteiger partial charge in [0, 0.05) is 20.0 Å². The van der Waals surface area contributed by atoms with Crippen LogP contribution in [0.1, 0.15) is 50.5 Å². The van der Waals surface area contributed by atoms with E-state index in [1.165, 1.54) is 24.8 Å². The number of carbonyl (C=O) groups is 1. The molecule has 0 saturated heterocycles. The summed E-state index contributed by atoms with van der Waals surface area (Å²) in [6.07, 6.45) is 11.2. The molecule has 3 nitrogen and oxygen atoms in total. The lowest BCUT2D eigenvalue weighted by Gasteiger charge is -2.13. The van der Waals surface area contributed by atoms with Gasteiger partial charge in [-0.2, -0.15) is 0 Å². The van der Waals surface area contributed by atoms with E-state index < -0.39 is 5.97 Å². The molecule has 0 aliphatic carbocycles. The molecule has 1 rings (SSSR count). The first-order valence-corrected chi connectivity index (χ1v) is 7.84. The fourth-order valence-corrected chi connectivity index (χ4v) is 2.20. The first-order chi connectivity index (χ1) is 10.2. The van der Waals surface area contributed by atoms with E-state index in [9.17, 15) is 4.79 Å². The number of benzene rings is 1. The van der Waals surface area contributed by atoms with Crippen LogP contribution in [0.4, 0.5) is 0 Å². The Hall–Kier alpha value is -1.77. The van der Waals surface area contributed by atoms with Crippen LogP contribution in [0.2, 0.25) is 0 Å². The summed E-state index contributed by atoms with van der Waals surface area (Å²) in [7, 11) is 2.10. The second-order valence-corrected chi connectivity index (χ2v) is 5.47. The van der Waals surface area contributed by atoms with Crippen LogP contribution in [0.3, 0.4) is 0 Å². The topological polar surface area (TPSA) is 40.5 Å². The molecular weight excluding hydrogens is 262 g/mol. The monoisotopic (exact) mass is 289 g/mol. The molecule has 1 N–H and O–H groups in total. The average Bonchev–Trinajstić information content (AvgIpc) is 2.48. The van der Waals surface area contributed by atoms with Crippen molar-refractivity contribution in [1.82, 2.24) is 4.90 Å². The first-order valence-electron chi connectivity index (χ1n) is 7.84. The molecular formula is C18H27NO2. The van der Waals surface area contributed by atoms with Gasteiger partial charge in [0.1, 0.15) is 0 Å². The zero-order chi connectivity index (χ0) is 15.3. The van der Waals surface area contributed by atoms with Gasteiger partial charge in [-0.1, -0.05) is 56.0 Å². The third-order valence-electron chi connectivity index (χ3n) is 3.47. The summed E-state index contributed by atoms with van der Waals surface area (Å²) < 4.78 is 0. The van der Waals surface area contributed by atoms with Crippen LogP contribution in [-0.4, -0.2) is 29.6 Å². The van der Waals surface area contributed by atoms with Crippen molar-refractivity contribution in [2.24, 2.45) is 0 Å². The molecule has 0 aliphatic rings. The normalized spacial score (nSPS) is 10.9. The molecule has 0 heterocycles. The van der Waals surface area contributed by atoms with Gasteiger partial charge in [0.2, 0.25) is 0 Å². The minimum Gasteiger partial charge on any atom is -0.481 e. The zero-order valence-electron chi connectivity index (χ0n) is 13.0. The highest BCUT2D eigenvalue weighted by molar-refractivity contribution is 5.66. The lowest BCUT2D eigenvalue weighted by Crippen LogP contribution is -2.11. The molecule has 0 radical (unpaired) electrons. The van der Waals surface area contributed by atoms with Crippen molar-refractivity contribution in [3.05, 3.63) is 42.1 Å². The molecule has 116 valence electrons. The molecule has 0 amide bonds. The van der Waals surface area contributed by atoms with Gasteiger partial charge in [-0.05, 0) is 30.7 Å². The van der Waals surface area contributed by atoms with Crippen LogP contribution in [0.15, 0.2) is 36.5 Å². The number of hydrogen-bond donors (Lipinski definition) is 1. The highest BCUT2D eigenvalue weighted by Gasteiger charge is 1.97. The van der Waals surface area contributed by atoms with Crippen LogP contribution in [0, 0.1) is 0 Å². The van der Waals surface area contributed by atoms with E-state index >= 15 is 0 Å². The van der Waals surface area contributed by atoms with Crippen molar-refractivity contribution >= 4 is 12.0 Å².